The molecule has 2 aromatic carbocycles. The van der Waals surface area contributed by atoms with Gasteiger partial charge in [-0.05, 0) is 61.5 Å². The van der Waals surface area contributed by atoms with Crippen LogP contribution in [0.25, 0.3) is 10.9 Å². The molecule has 2 N–H and O–H groups in total. The summed E-state index contributed by atoms with van der Waals surface area (Å²) in [5, 5.41) is 6.40. The molecule has 188 valence electrons. The number of sulfonamides is 1. The number of carbonyl (C=O) groups excluding carboxylic acids is 1. The molecule has 0 saturated carbocycles. The van der Waals surface area contributed by atoms with E-state index in [-0.39, 0.29) is 27.2 Å². The summed E-state index contributed by atoms with van der Waals surface area (Å²) in [5.74, 6) is 0.0205. The quantitative estimate of drug-likeness (QED) is 0.362. The molecule has 0 spiro atoms. The van der Waals surface area contributed by atoms with Gasteiger partial charge in [0.25, 0.3) is 10.0 Å². The van der Waals surface area contributed by atoms with Gasteiger partial charge in [0.05, 0.1) is 4.90 Å². The van der Waals surface area contributed by atoms with Gasteiger partial charge in [-0.1, -0.05) is 18.2 Å². The van der Waals surface area contributed by atoms with E-state index in [1.54, 1.807) is 23.7 Å². The van der Waals surface area contributed by atoms with Gasteiger partial charge in [0.2, 0.25) is 5.91 Å². The Kier molecular flexibility index (Phi) is 6.48. The third kappa shape index (κ3) is 5.03. The van der Waals surface area contributed by atoms with Crippen molar-refractivity contribution in [1.29, 1.82) is 0 Å². The maximum Gasteiger partial charge on any atom is 0.263 e. The number of piperidine rings is 1. The molecular weight excluding hydrogens is 482 g/mol. The van der Waals surface area contributed by atoms with Crippen LogP contribution in [0.3, 0.4) is 0 Å². The van der Waals surface area contributed by atoms with Crippen molar-refractivity contribution in [2.24, 2.45) is 0 Å². The van der Waals surface area contributed by atoms with Crippen molar-refractivity contribution in [3.8, 4) is 0 Å². The molecule has 1 saturated heterocycles. The first kappa shape index (κ1) is 23.4. The summed E-state index contributed by atoms with van der Waals surface area (Å²) >= 11 is 1.23. The number of aromatic nitrogens is 2. The van der Waals surface area contributed by atoms with Crippen LogP contribution in [0.5, 0.6) is 0 Å². The largest absolute Gasteiger partial charge is 0.371 e. The number of carbonyl (C=O) groups is 1. The van der Waals surface area contributed by atoms with Crippen molar-refractivity contribution in [2.45, 2.75) is 36.7 Å². The molecule has 8 nitrogen and oxygen atoms in total. The van der Waals surface area contributed by atoms with Crippen LogP contribution in [0.15, 0.2) is 77.3 Å². The van der Waals surface area contributed by atoms with E-state index in [2.05, 4.69) is 19.9 Å². The summed E-state index contributed by atoms with van der Waals surface area (Å²) in [6, 6.07) is 16.8. The molecule has 2 aromatic heterocycles. The van der Waals surface area contributed by atoms with E-state index in [9.17, 15) is 13.2 Å². The number of nitrogens with one attached hydrogen (secondary N) is 2. The Morgan fingerprint density at radius 1 is 1.11 bits per heavy atom. The maximum absolute atomic E-state index is 12.9. The van der Waals surface area contributed by atoms with Crippen molar-refractivity contribution in [1.82, 2.24) is 14.9 Å². The molecule has 35 heavy (non-hydrogen) atoms. The molecule has 0 aliphatic carbocycles. The van der Waals surface area contributed by atoms with Crippen molar-refractivity contribution < 1.29 is 17.5 Å². The fourth-order valence-corrected chi connectivity index (χ4v) is 6.24. The highest BCUT2D eigenvalue weighted by Gasteiger charge is 2.24. The van der Waals surface area contributed by atoms with E-state index in [1.807, 2.05) is 60.2 Å². The van der Waals surface area contributed by atoms with Crippen molar-refractivity contribution in [3.05, 3.63) is 72.4 Å². The lowest BCUT2D eigenvalue weighted by Gasteiger charge is -2.34. The highest BCUT2D eigenvalue weighted by atomic mass is 32.2. The average molecular weight is 516 g/mol. The van der Waals surface area contributed by atoms with E-state index in [0.717, 1.165) is 42.5 Å². The minimum Gasteiger partial charge on any atom is -0.371 e. The smallest absolute Gasteiger partial charge is 0.263 e. The number of anilines is 2. The van der Waals surface area contributed by atoms with E-state index < -0.39 is 10.0 Å². The van der Waals surface area contributed by atoms with Gasteiger partial charge in [0, 0.05) is 52.4 Å². The van der Waals surface area contributed by atoms with E-state index in [4.69, 9.17) is 0 Å². The average Bonchev–Trinajstić information content (AvgIpc) is 3.54. The summed E-state index contributed by atoms with van der Waals surface area (Å²) in [5.41, 5.74) is 2.02. The molecule has 1 aliphatic heterocycles. The highest BCUT2D eigenvalue weighted by molar-refractivity contribution is 7.93. The first-order valence-corrected chi connectivity index (χ1v) is 13.9. The second kappa shape index (κ2) is 9.71. The second-order valence-corrected chi connectivity index (χ2v) is 11.2. The number of amides is 1. The molecule has 1 atom stereocenters. The van der Waals surface area contributed by atoms with Crippen LogP contribution in [-0.4, -0.2) is 43.0 Å². The lowest BCUT2D eigenvalue weighted by Crippen LogP contribution is -2.46. The number of hydrogen-bond donors (Lipinski definition) is 2. The van der Waals surface area contributed by atoms with Crippen LogP contribution in [0, 0.1) is 0 Å². The van der Waals surface area contributed by atoms with Crippen LogP contribution in [0.2, 0.25) is 0 Å². The number of fused-ring (bicyclic) bond motifs is 1. The summed E-state index contributed by atoms with van der Waals surface area (Å²) in [7, 11) is -3.66. The number of benzene rings is 2. The minimum atomic E-state index is -3.66. The summed E-state index contributed by atoms with van der Waals surface area (Å²) < 4.78 is 29.6. The van der Waals surface area contributed by atoms with Crippen LogP contribution in [-0.2, 0) is 14.8 Å². The maximum atomic E-state index is 12.9. The molecule has 10 heteroatoms. The third-order valence-electron chi connectivity index (χ3n) is 6.43. The van der Waals surface area contributed by atoms with Gasteiger partial charge < -0.3 is 14.8 Å². The topological polar surface area (TPSA) is 96.3 Å². The van der Waals surface area contributed by atoms with E-state index >= 15 is 0 Å². The highest BCUT2D eigenvalue weighted by Crippen LogP contribution is 2.25. The third-order valence-corrected chi connectivity index (χ3v) is 8.61. The fraction of sp³-hybridized carbons (Fsp3) is 0.280. The van der Waals surface area contributed by atoms with Gasteiger partial charge in [-0.25, -0.2) is 13.4 Å². The number of hydrogen-bond acceptors (Lipinski definition) is 6. The Hall–Kier alpha value is -3.37. The lowest BCUT2D eigenvalue weighted by molar-refractivity contribution is -0.124. The van der Waals surface area contributed by atoms with Crippen molar-refractivity contribution in [2.75, 3.05) is 22.7 Å². The van der Waals surface area contributed by atoms with Gasteiger partial charge in [-0.15, -0.1) is 11.3 Å². The number of para-hydroxylation sites is 1. The number of rotatable bonds is 7. The molecule has 4 aromatic rings. The predicted octanol–water partition coefficient (Wildman–Crippen LogP) is 4.98. The predicted molar refractivity (Wildman–Crippen MR) is 146 cm³/mol. The lowest BCUT2D eigenvalue weighted by atomic mass is 10.0. The Morgan fingerprint density at radius 2 is 1.86 bits per heavy atom. The Bertz CT molecular complexity index is 1420. The number of nitrogens with zero attached hydrogens (tertiary/aromatic N) is 3. The van der Waals surface area contributed by atoms with Crippen LogP contribution < -0.4 is 14.9 Å². The van der Waals surface area contributed by atoms with Gasteiger partial charge in [0.1, 0.15) is 6.04 Å². The van der Waals surface area contributed by atoms with Gasteiger partial charge in [-0.2, -0.15) is 0 Å². The first-order valence-electron chi connectivity index (χ1n) is 11.5. The zero-order valence-electron chi connectivity index (χ0n) is 19.3. The molecule has 3 heterocycles. The van der Waals surface area contributed by atoms with E-state index in [0.29, 0.717) is 5.13 Å². The van der Waals surface area contributed by atoms with Gasteiger partial charge >= 0.3 is 0 Å². The van der Waals surface area contributed by atoms with Crippen LogP contribution >= 0.6 is 11.3 Å². The molecule has 0 bridgehead atoms. The molecule has 1 fully saturated rings. The van der Waals surface area contributed by atoms with Crippen LogP contribution in [0.1, 0.15) is 30.1 Å². The normalized spacial score (nSPS) is 15.7. The SMILES string of the molecule is C[C@H](C(=O)NC1CCN(c2ccc(S(=O)(=O)Nc3nccs3)cc2)CC1)n1ccc2ccccc21.[HH].[HH].[HH]. The summed E-state index contributed by atoms with van der Waals surface area (Å²) in [4.78, 5) is 19.3. The van der Waals surface area contributed by atoms with Gasteiger partial charge in [0.15, 0.2) is 5.13 Å². The monoisotopic (exact) mass is 515 g/mol. The van der Waals surface area contributed by atoms with Gasteiger partial charge in [-0.3, -0.25) is 9.52 Å². The fourth-order valence-electron chi connectivity index (χ4n) is 4.46. The zero-order valence-corrected chi connectivity index (χ0v) is 20.9. The molecule has 0 radical (unpaired) electrons. The van der Waals surface area contributed by atoms with E-state index in [1.165, 1.54) is 11.3 Å². The number of thiazole rings is 1. The summed E-state index contributed by atoms with van der Waals surface area (Å²) in [6.45, 7) is 3.50. The van der Waals surface area contributed by atoms with Crippen molar-refractivity contribution in [3.63, 3.8) is 0 Å². The van der Waals surface area contributed by atoms with Crippen LogP contribution in [0.4, 0.5) is 10.8 Å². The Morgan fingerprint density at radius 3 is 2.57 bits per heavy atom. The molecule has 5 rings (SSSR count). The molecule has 1 aliphatic rings. The first-order chi connectivity index (χ1) is 16.9. The molecule has 1 amide bonds. The standard InChI is InChI=1S/C25H27N5O3S2.3H2/c1-18(30-16-10-19-4-2-3-5-23(19)30)24(31)27-20-11-14-29(15-12-20)21-6-8-22(9-7-21)35(32,33)28-25-26-13-17-34-25;;;/h2-10,13,16-18,20H,11-12,14-15H2,1H3,(H,26,28)(H,27,31);3*1H/t18-;;;/m1.../s1. The van der Waals surface area contributed by atoms with Crippen molar-refractivity contribution >= 4 is 49.0 Å². The Labute approximate surface area is 213 Å². The molecule has 0 unspecified atom stereocenters. The minimum absolute atomic E-state index is 0. The molecular formula is C25H33N5O3S2. The zero-order chi connectivity index (χ0) is 24.4. The second-order valence-electron chi connectivity index (χ2n) is 8.66. The Balaban J connectivity index is 0.00000169. The summed E-state index contributed by atoms with van der Waals surface area (Å²) in [6.07, 6.45) is 5.18.